The van der Waals surface area contributed by atoms with Crippen LogP contribution in [0, 0.1) is 0 Å². The quantitative estimate of drug-likeness (QED) is 0.709. The van der Waals surface area contributed by atoms with Crippen molar-refractivity contribution < 1.29 is 0 Å². The Morgan fingerprint density at radius 3 is 1.44 bits per heavy atom. The van der Waals surface area contributed by atoms with Crippen LogP contribution in [0.2, 0.25) is 0 Å². The molecule has 0 unspecified atom stereocenters. The third-order valence-electron chi connectivity index (χ3n) is 2.69. The van der Waals surface area contributed by atoms with Crippen LogP contribution in [-0.2, 0) is 0 Å². The minimum atomic E-state index is 1.29. The van der Waals surface area contributed by atoms with Crippen LogP contribution in [0.3, 0.4) is 0 Å². The van der Waals surface area contributed by atoms with E-state index in [1.165, 1.54) is 20.9 Å². The highest BCUT2D eigenvalue weighted by Gasteiger charge is 2.11. The van der Waals surface area contributed by atoms with Crippen molar-refractivity contribution in [3.8, 4) is 0 Å². The Morgan fingerprint density at radius 1 is 0.556 bits per heavy atom. The molecule has 0 aliphatic carbocycles. The maximum Gasteiger partial charge on any atom is 0.0261 e. The van der Waals surface area contributed by atoms with Gasteiger partial charge in [-0.15, -0.1) is 11.8 Å². The molecule has 2 heteroatoms. The Morgan fingerprint density at radius 2 is 1.00 bits per heavy atom. The molecule has 0 amide bonds. The first-order chi connectivity index (χ1) is 8.93. The van der Waals surface area contributed by atoms with Crippen molar-refractivity contribution >= 4 is 33.3 Å². The zero-order valence-corrected chi connectivity index (χ0v) is 11.4. The monoisotopic (exact) mass is 268 g/mol. The number of benzene rings is 2. The number of rotatable bonds is 2. The third-order valence-corrected chi connectivity index (χ3v) is 4.88. The summed E-state index contributed by atoms with van der Waals surface area (Å²) in [5.41, 5.74) is 2.58. The second-order valence-electron chi connectivity index (χ2n) is 3.93. The fraction of sp³-hybridized carbons (Fsp3) is 0. The summed E-state index contributed by atoms with van der Waals surface area (Å²) >= 11 is 3.59. The first-order valence-electron chi connectivity index (χ1n) is 5.78. The summed E-state index contributed by atoms with van der Waals surface area (Å²) in [6.45, 7) is 0. The van der Waals surface area contributed by atoms with E-state index < -0.39 is 0 Å². The lowest BCUT2D eigenvalue weighted by Crippen LogP contribution is -1.85. The smallest absolute Gasteiger partial charge is 0.0261 e. The van der Waals surface area contributed by atoms with Crippen molar-refractivity contribution in [3.05, 3.63) is 82.6 Å². The summed E-state index contributed by atoms with van der Waals surface area (Å²) in [6, 6.07) is 21.1. The van der Waals surface area contributed by atoms with E-state index in [-0.39, 0.29) is 0 Å². The number of thioether (sulfide) groups is 2. The maximum atomic E-state index is 2.21. The van der Waals surface area contributed by atoms with E-state index in [2.05, 4.69) is 71.5 Å². The van der Waals surface area contributed by atoms with Gasteiger partial charge in [0.15, 0.2) is 0 Å². The molecule has 2 aromatic rings. The summed E-state index contributed by atoms with van der Waals surface area (Å²) in [4.78, 5) is 2.64. The number of hydrogen-bond donors (Lipinski definition) is 0. The Balaban J connectivity index is 1.85. The predicted octanol–water partition coefficient (Wildman–Crippen LogP) is 5.46. The lowest BCUT2D eigenvalue weighted by atomic mass is 10.2. The summed E-state index contributed by atoms with van der Waals surface area (Å²) in [5, 5.41) is 4.43. The van der Waals surface area contributed by atoms with Crippen LogP contribution in [0.15, 0.2) is 71.5 Å². The standard InChI is InChI=1S/C16H12S2/c1-3-7-13(8-4-1)15-11-17-12-16(18-15)14-9-5-2-6-10-14/h1-12H. The molecular weight excluding hydrogens is 256 g/mol. The third kappa shape index (κ3) is 2.55. The van der Waals surface area contributed by atoms with E-state index in [0.717, 1.165) is 0 Å². The van der Waals surface area contributed by atoms with Gasteiger partial charge in [0.25, 0.3) is 0 Å². The number of hydrogen-bond acceptors (Lipinski definition) is 2. The van der Waals surface area contributed by atoms with E-state index in [1.807, 2.05) is 11.8 Å². The molecule has 88 valence electrons. The lowest BCUT2D eigenvalue weighted by Gasteiger charge is -2.14. The average molecular weight is 268 g/mol. The molecule has 0 radical (unpaired) electrons. The highest BCUT2D eigenvalue weighted by atomic mass is 32.2. The van der Waals surface area contributed by atoms with Crippen molar-refractivity contribution in [2.24, 2.45) is 0 Å². The van der Waals surface area contributed by atoms with Gasteiger partial charge < -0.3 is 0 Å². The molecule has 2 aromatic carbocycles. The van der Waals surface area contributed by atoms with Crippen LogP contribution >= 0.6 is 23.5 Å². The molecule has 3 rings (SSSR count). The molecule has 0 N–H and O–H groups in total. The van der Waals surface area contributed by atoms with Gasteiger partial charge in [0.1, 0.15) is 0 Å². The van der Waals surface area contributed by atoms with Crippen LogP contribution in [-0.4, -0.2) is 0 Å². The molecule has 1 heterocycles. The van der Waals surface area contributed by atoms with E-state index >= 15 is 0 Å². The Bertz CT molecular complexity index is 530. The molecule has 0 saturated carbocycles. The summed E-state index contributed by atoms with van der Waals surface area (Å²) in [7, 11) is 0. The largest absolute Gasteiger partial charge is 0.104 e. The van der Waals surface area contributed by atoms with Crippen molar-refractivity contribution in [2.45, 2.75) is 0 Å². The highest BCUT2D eigenvalue weighted by molar-refractivity contribution is 8.20. The van der Waals surface area contributed by atoms with Gasteiger partial charge in [-0.2, -0.15) is 0 Å². The fourth-order valence-corrected chi connectivity index (χ4v) is 3.83. The second kappa shape index (κ2) is 5.51. The van der Waals surface area contributed by atoms with Crippen LogP contribution < -0.4 is 0 Å². The first kappa shape index (κ1) is 11.7. The van der Waals surface area contributed by atoms with Crippen molar-refractivity contribution in [1.29, 1.82) is 0 Å². The van der Waals surface area contributed by atoms with Gasteiger partial charge in [-0.3, -0.25) is 0 Å². The van der Waals surface area contributed by atoms with E-state index in [4.69, 9.17) is 0 Å². The molecule has 0 atom stereocenters. The van der Waals surface area contributed by atoms with E-state index in [1.54, 1.807) is 11.8 Å². The van der Waals surface area contributed by atoms with Gasteiger partial charge in [0, 0.05) is 9.81 Å². The van der Waals surface area contributed by atoms with E-state index in [0.29, 0.717) is 0 Å². The Kier molecular flexibility index (Phi) is 3.58. The van der Waals surface area contributed by atoms with Gasteiger partial charge in [0.05, 0.1) is 0 Å². The first-order valence-corrected chi connectivity index (χ1v) is 7.54. The maximum absolute atomic E-state index is 2.21. The van der Waals surface area contributed by atoms with Crippen molar-refractivity contribution in [1.82, 2.24) is 0 Å². The molecule has 0 spiro atoms. The average Bonchev–Trinajstić information content (AvgIpc) is 2.49. The zero-order chi connectivity index (χ0) is 12.2. The molecule has 1 aliphatic heterocycles. The molecule has 18 heavy (non-hydrogen) atoms. The van der Waals surface area contributed by atoms with Gasteiger partial charge in [-0.05, 0) is 21.9 Å². The molecule has 0 nitrogen and oxygen atoms in total. The second-order valence-corrected chi connectivity index (χ2v) is 5.76. The van der Waals surface area contributed by atoms with Gasteiger partial charge >= 0.3 is 0 Å². The summed E-state index contributed by atoms with van der Waals surface area (Å²) < 4.78 is 0. The predicted molar refractivity (Wildman–Crippen MR) is 84.0 cm³/mol. The van der Waals surface area contributed by atoms with Crippen LogP contribution in [0.5, 0.6) is 0 Å². The molecule has 0 aromatic heterocycles. The molecule has 0 bridgehead atoms. The molecule has 1 aliphatic rings. The lowest BCUT2D eigenvalue weighted by molar-refractivity contribution is 1.65. The Labute approximate surface area is 116 Å². The summed E-state index contributed by atoms with van der Waals surface area (Å²) in [6.07, 6.45) is 0. The minimum absolute atomic E-state index is 1.29. The topological polar surface area (TPSA) is 0 Å². The van der Waals surface area contributed by atoms with Crippen LogP contribution in [0.4, 0.5) is 0 Å². The van der Waals surface area contributed by atoms with Crippen LogP contribution in [0.25, 0.3) is 9.81 Å². The highest BCUT2D eigenvalue weighted by Crippen LogP contribution is 2.45. The normalized spacial score (nSPS) is 14.9. The van der Waals surface area contributed by atoms with Crippen molar-refractivity contribution in [2.75, 3.05) is 0 Å². The molecular formula is C16H12S2. The van der Waals surface area contributed by atoms with Gasteiger partial charge in [0.2, 0.25) is 0 Å². The Hall–Kier alpha value is -1.38. The SMILES string of the molecule is C1=C(c2ccccc2)SC(c2ccccc2)=CS1. The zero-order valence-electron chi connectivity index (χ0n) is 9.74. The van der Waals surface area contributed by atoms with Crippen molar-refractivity contribution in [3.63, 3.8) is 0 Å². The summed E-state index contributed by atoms with van der Waals surface area (Å²) in [5.74, 6) is 0. The molecule has 0 fully saturated rings. The van der Waals surface area contributed by atoms with Gasteiger partial charge in [-0.25, -0.2) is 0 Å². The minimum Gasteiger partial charge on any atom is -0.104 e. The fourth-order valence-electron chi connectivity index (χ4n) is 1.78. The molecule has 0 saturated heterocycles. The van der Waals surface area contributed by atoms with Crippen LogP contribution in [0.1, 0.15) is 11.1 Å². The van der Waals surface area contributed by atoms with Gasteiger partial charge in [-0.1, -0.05) is 72.4 Å². The van der Waals surface area contributed by atoms with E-state index in [9.17, 15) is 0 Å².